The zero-order valence-corrected chi connectivity index (χ0v) is 11.6. The Morgan fingerprint density at radius 1 is 1.35 bits per heavy atom. The standard InChI is InChI=1S/C14H19ClO2/c1-5-6-13(16)17-12-8-7-10(9-11(12)15)14(2,3)4/h7-9H,5-6H2,1-4H3. The molecule has 0 radical (unpaired) electrons. The van der Waals surface area contributed by atoms with Gasteiger partial charge in [-0.25, -0.2) is 0 Å². The summed E-state index contributed by atoms with van der Waals surface area (Å²) in [5, 5.41) is 0.488. The van der Waals surface area contributed by atoms with E-state index in [1.165, 1.54) is 0 Å². The van der Waals surface area contributed by atoms with Gasteiger partial charge in [0.2, 0.25) is 0 Å². The third kappa shape index (κ3) is 4.04. The summed E-state index contributed by atoms with van der Waals surface area (Å²) in [6, 6.07) is 5.56. The summed E-state index contributed by atoms with van der Waals surface area (Å²) in [4.78, 5) is 11.4. The van der Waals surface area contributed by atoms with Crippen LogP contribution in [0.3, 0.4) is 0 Å². The largest absolute Gasteiger partial charge is 0.425 e. The third-order valence-corrected chi connectivity index (χ3v) is 2.77. The van der Waals surface area contributed by atoms with Gasteiger partial charge in [-0.3, -0.25) is 4.79 Å². The molecule has 0 heterocycles. The first-order valence-corrected chi connectivity index (χ1v) is 6.23. The molecule has 1 aromatic carbocycles. The predicted molar refractivity (Wildman–Crippen MR) is 70.7 cm³/mol. The van der Waals surface area contributed by atoms with Crippen LogP contribution in [-0.4, -0.2) is 5.97 Å². The summed E-state index contributed by atoms with van der Waals surface area (Å²) in [6.07, 6.45) is 1.19. The lowest BCUT2D eigenvalue weighted by Gasteiger charge is -2.19. The van der Waals surface area contributed by atoms with Gasteiger partial charge in [0.05, 0.1) is 5.02 Å². The minimum atomic E-state index is -0.238. The van der Waals surface area contributed by atoms with E-state index < -0.39 is 0 Å². The molecule has 0 amide bonds. The van der Waals surface area contributed by atoms with E-state index >= 15 is 0 Å². The molecule has 94 valence electrons. The molecule has 0 bridgehead atoms. The van der Waals surface area contributed by atoms with Crippen LogP contribution in [0, 0.1) is 0 Å². The van der Waals surface area contributed by atoms with Crippen LogP contribution in [0.2, 0.25) is 5.02 Å². The van der Waals surface area contributed by atoms with Crippen molar-refractivity contribution in [2.24, 2.45) is 0 Å². The molecule has 0 aromatic heterocycles. The van der Waals surface area contributed by atoms with Gasteiger partial charge < -0.3 is 4.74 Å². The highest BCUT2D eigenvalue weighted by Gasteiger charge is 2.16. The van der Waals surface area contributed by atoms with Gasteiger partial charge in [0.25, 0.3) is 0 Å². The molecule has 0 aliphatic rings. The zero-order chi connectivity index (χ0) is 13.1. The Labute approximate surface area is 108 Å². The lowest BCUT2D eigenvalue weighted by atomic mass is 9.87. The molecular formula is C14H19ClO2. The minimum absolute atomic E-state index is 0.0373. The summed E-state index contributed by atoms with van der Waals surface area (Å²) < 4.78 is 5.18. The Balaban J connectivity index is 2.87. The van der Waals surface area contributed by atoms with Crippen LogP contribution >= 0.6 is 11.6 Å². The molecule has 0 atom stereocenters. The number of benzene rings is 1. The minimum Gasteiger partial charge on any atom is -0.425 e. The summed E-state index contributed by atoms with van der Waals surface area (Å²) in [7, 11) is 0. The summed E-state index contributed by atoms with van der Waals surface area (Å²) >= 11 is 6.10. The second-order valence-corrected chi connectivity index (χ2v) is 5.53. The average molecular weight is 255 g/mol. The second-order valence-electron chi connectivity index (χ2n) is 5.12. The fraction of sp³-hybridized carbons (Fsp3) is 0.500. The molecule has 0 N–H and O–H groups in total. The van der Waals surface area contributed by atoms with Crippen LogP contribution in [0.15, 0.2) is 18.2 Å². The highest BCUT2D eigenvalue weighted by molar-refractivity contribution is 6.32. The first-order chi connectivity index (χ1) is 7.84. The molecule has 0 saturated heterocycles. The molecule has 3 heteroatoms. The maximum atomic E-state index is 11.4. The molecule has 0 fully saturated rings. The normalized spacial score (nSPS) is 11.4. The van der Waals surface area contributed by atoms with Crippen LogP contribution in [0.4, 0.5) is 0 Å². The fourth-order valence-corrected chi connectivity index (χ4v) is 1.65. The second kappa shape index (κ2) is 5.54. The van der Waals surface area contributed by atoms with E-state index in [1.54, 1.807) is 6.07 Å². The Morgan fingerprint density at radius 2 is 2.00 bits per heavy atom. The maximum Gasteiger partial charge on any atom is 0.311 e. The van der Waals surface area contributed by atoms with Crippen molar-refractivity contribution in [2.45, 2.75) is 46.0 Å². The van der Waals surface area contributed by atoms with E-state index in [0.29, 0.717) is 17.2 Å². The summed E-state index contributed by atoms with van der Waals surface area (Å²) in [5.41, 5.74) is 1.16. The number of hydrogen-bond donors (Lipinski definition) is 0. The lowest BCUT2D eigenvalue weighted by Crippen LogP contribution is -2.12. The molecule has 0 saturated carbocycles. The summed E-state index contributed by atoms with van der Waals surface area (Å²) in [5.74, 6) is 0.205. The molecular weight excluding hydrogens is 236 g/mol. The van der Waals surface area contributed by atoms with Crippen molar-refractivity contribution < 1.29 is 9.53 Å². The van der Waals surface area contributed by atoms with Crippen molar-refractivity contribution in [3.8, 4) is 5.75 Å². The van der Waals surface area contributed by atoms with Gasteiger partial charge >= 0.3 is 5.97 Å². The van der Waals surface area contributed by atoms with Crippen LogP contribution in [0.5, 0.6) is 5.75 Å². The highest BCUT2D eigenvalue weighted by Crippen LogP contribution is 2.31. The van der Waals surface area contributed by atoms with E-state index in [9.17, 15) is 4.79 Å². The van der Waals surface area contributed by atoms with Crippen molar-refractivity contribution in [3.63, 3.8) is 0 Å². The van der Waals surface area contributed by atoms with E-state index in [-0.39, 0.29) is 11.4 Å². The van der Waals surface area contributed by atoms with Gasteiger partial charge in [-0.2, -0.15) is 0 Å². The quantitative estimate of drug-likeness (QED) is 0.592. The zero-order valence-electron chi connectivity index (χ0n) is 10.8. The predicted octanol–water partition coefficient (Wildman–Crippen LogP) is 4.34. The van der Waals surface area contributed by atoms with Crippen molar-refractivity contribution >= 4 is 17.6 Å². The monoisotopic (exact) mass is 254 g/mol. The molecule has 1 rings (SSSR count). The summed E-state index contributed by atoms with van der Waals surface area (Å²) in [6.45, 7) is 8.27. The van der Waals surface area contributed by atoms with Gasteiger partial charge in [0.1, 0.15) is 5.75 Å². The first-order valence-electron chi connectivity index (χ1n) is 5.85. The third-order valence-electron chi connectivity index (χ3n) is 2.48. The van der Waals surface area contributed by atoms with Gasteiger partial charge in [-0.1, -0.05) is 45.4 Å². The molecule has 1 aromatic rings. The Kier molecular flexibility index (Phi) is 4.58. The van der Waals surface area contributed by atoms with Crippen molar-refractivity contribution in [1.29, 1.82) is 0 Å². The number of rotatable bonds is 3. The van der Waals surface area contributed by atoms with Crippen molar-refractivity contribution in [3.05, 3.63) is 28.8 Å². The highest BCUT2D eigenvalue weighted by atomic mass is 35.5. The maximum absolute atomic E-state index is 11.4. The first kappa shape index (κ1) is 14.0. The van der Waals surface area contributed by atoms with Crippen LogP contribution < -0.4 is 4.74 Å². The molecule has 0 aliphatic carbocycles. The number of hydrogen-bond acceptors (Lipinski definition) is 2. The Hall–Kier alpha value is -1.02. The number of esters is 1. The fourth-order valence-electron chi connectivity index (χ4n) is 1.43. The number of carbonyl (C=O) groups is 1. The smallest absolute Gasteiger partial charge is 0.311 e. The molecule has 0 unspecified atom stereocenters. The number of carbonyl (C=O) groups excluding carboxylic acids is 1. The van der Waals surface area contributed by atoms with Crippen molar-refractivity contribution in [2.75, 3.05) is 0 Å². The van der Waals surface area contributed by atoms with E-state index in [4.69, 9.17) is 16.3 Å². The Bertz CT molecular complexity index is 405. The Morgan fingerprint density at radius 3 is 2.47 bits per heavy atom. The van der Waals surface area contributed by atoms with Gasteiger partial charge in [-0.15, -0.1) is 0 Å². The molecule has 17 heavy (non-hydrogen) atoms. The average Bonchev–Trinajstić information content (AvgIpc) is 2.20. The molecule has 0 spiro atoms. The lowest BCUT2D eigenvalue weighted by molar-refractivity contribution is -0.134. The molecule has 0 aliphatic heterocycles. The van der Waals surface area contributed by atoms with Crippen LogP contribution in [0.1, 0.15) is 46.1 Å². The van der Waals surface area contributed by atoms with Crippen LogP contribution in [-0.2, 0) is 10.2 Å². The van der Waals surface area contributed by atoms with Gasteiger partial charge in [0, 0.05) is 6.42 Å². The van der Waals surface area contributed by atoms with E-state index in [0.717, 1.165) is 12.0 Å². The van der Waals surface area contributed by atoms with E-state index in [1.807, 2.05) is 19.1 Å². The van der Waals surface area contributed by atoms with Gasteiger partial charge in [-0.05, 0) is 29.5 Å². The molecule has 2 nitrogen and oxygen atoms in total. The SMILES string of the molecule is CCCC(=O)Oc1ccc(C(C)(C)C)cc1Cl. The van der Waals surface area contributed by atoms with Gasteiger partial charge in [0.15, 0.2) is 0 Å². The number of halogens is 1. The van der Waals surface area contributed by atoms with Crippen LogP contribution in [0.25, 0.3) is 0 Å². The van der Waals surface area contributed by atoms with E-state index in [2.05, 4.69) is 20.8 Å². The number of ether oxygens (including phenoxy) is 1. The van der Waals surface area contributed by atoms with Crippen molar-refractivity contribution in [1.82, 2.24) is 0 Å². The topological polar surface area (TPSA) is 26.3 Å².